The van der Waals surface area contributed by atoms with Crippen LogP contribution in [0.1, 0.15) is 36.9 Å². The molecule has 0 spiro atoms. The van der Waals surface area contributed by atoms with Gasteiger partial charge in [0.25, 0.3) is 0 Å². The maximum atomic E-state index is 11.6. The fourth-order valence-corrected chi connectivity index (χ4v) is 2.96. The third kappa shape index (κ3) is 1.16. The number of nitrogens with one attached hydrogen (secondary N) is 1. The number of rotatable bonds is 1. The molecule has 1 aromatic rings. The molecule has 1 aromatic heterocycles. The first-order chi connectivity index (χ1) is 7.72. The lowest BCUT2D eigenvalue weighted by molar-refractivity contribution is -0.147. The van der Waals surface area contributed by atoms with Gasteiger partial charge in [-0.3, -0.25) is 9.89 Å². The van der Waals surface area contributed by atoms with Crippen LogP contribution in [0.3, 0.4) is 0 Å². The summed E-state index contributed by atoms with van der Waals surface area (Å²) in [6.45, 7) is 0. The summed E-state index contributed by atoms with van der Waals surface area (Å²) < 4.78 is 0. The minimum atomic E-state index is -0.676. The zero-order valence-corrected chi connectivity index (χ0v) is 8.99. The van der Waals surface area contributed by atoms with Crippen LogP contribution in [0.4, 0.5) is 0 Å². The summed E-state index contributed by atoms with van der Waals surface area (Å²) in [5.41, 5.74) is 2.46. The Morgan fingerprint density at radius 1 is 1.50 bits per heavy atom. The second kappa shape index (κ2) is 3.20. The van der Waals surface area contributed by atoms with Crippen LogP contribution in [0.2, 0.25) is 0 Å². The summed E-state index contributed by atoms with van der Waals surface area (Å²) in [7, 11) is 0. The maximum absolute atomic E-state index is 11.6. The molecule has 0 saturated heterocycles. The minimum absolute atomic E-state index is 0.597. The van der Waals surface area contributed by atoms with Crippen molar-refractivity contribution in [3.8, 4) is 0 Å². The third-order valence-corrected chi connectivity index (χ3v) is 3.89. The van der Waals surface area contributed by atoms with Crippen molar-refractivity contribution in [3.63, 3.8) is 0 Å². The normalized spacial score (nSPS) is 27.9. The van der Waals surface area contributed by atoms with E-state index in [4.69, 9.17) is 0 Å². The Morgan fingerprint density at radius 2 is 2.38 bits per heavy atom. The van der Waals surface area contributed by atoms with Gasteiger partial charge in [0.05, 0.1) is 17.3 Å². The van der Waals surface area contributed by atoms with E-state index in [0.29, 0.717) is 6.42 Å². The number of aromatic nitrogens is 2. The van der Waals surface area contributed by atoms with E-state index in [0.717, 1.165) is 42.5 Å². The van der Waals surface area contributed by atoms with Crippen LogP contribution in [-0.4, -0.2) is 21.3 Å². The second-order valence-electron chi connectivity index (χ2n) is 4.75. The Labute approximate surface area is 93.4 Å². The van der Waals surface area contributed by atoms with Crippen molar-refractivity contribution in [1.29, 1.82) is 0 Å². The van der Waals surface area contributed by atoms with Gasteiger partial charge in [-0.05, 0) is 37.3 Å². The molecule has 2 aliphatic rings. The molecule has 2 N–H and O–H groups in total. The Kier molecular flexibility index (Phi) is 1.93. The molecular weight excluding hydrogens is 204 g/mol. The third-order valence-electron chi connectivity index (χ3n) is 3.89. The maximum Gasteiger partial charge on any atom is 0.314 e. The van der Waals surface area contributed by atoms with Gasteiger partial charge in [0.15, 0.2) is 0 Å². The summed E-state index contributed by atoms with van der Waals surface area (Å²) in [5, 5.41) is 16.4. The largest absolute Gasteiger partial charge is 0.481 e. The molecule has 1 unspecified atom stereocenters. The number of carboxylic acids is 1. The molecule has 1 fully saturated rings. The van der Waals surface area contributed by atoms with Crippen molar-refractivity contribution >= 4 is 12.0 Å². The van der Waals surface area contributed by atoms with Gasteiger partial charge in [-0.2, -0.15) is 5.10 Å². The van der Waals surface area contributed by atoms with E-state index in [1.54, 1.807) is 6.20 Å². The molecule has 1 atom stereocenters. The predicted molar refractivity (Wildman–Crippen MR) is 58.8 cm³/mol. The van der Waals surface area contributed by atoms with E-state index in [9.17, 15) is 9.90 Å². The molecular formula is C12H14N2O2. The SMILES string of the molecule is O=C(O)C12CCCCC1=Cc1[nH]ncc1C2. The van der Waals surface area contributed by atoms with Crippen LogP contribution in [0, 0.1) is 5.41 Å². The zero-order valence-electron chi connectivity index (χ0n) is 8.99. The quantitative estimate of drug-likeness (QED) is 0.757. The molecule has 3 rings (SSSR count). The Morgan fingerprint density at radius 3 is 3.19 bits per heavy atom. The van der Waals surface area contributed by atoms with Gasteiger partial charge in [0, 0.05) is 0 Å². The van der Waals surface area contributed by atoms with E-state index in [1.807, 2.05) is 6.08 Å². The van der Waals surface area contributed by atoms with E-state index in [2.05, 4.69) is 10.2 Å². The van der Waals surface area contributed by atoms with E-state index < -0.39 is 11.4 Å². The molecule has 4 heteroatoms. The van der Waals surface area contributed by atoms with Crippen molar-refractivity contribution in [1.82, 2.24) is 10.2 Å². The lowest BCUT2D eigenvalue weighted by Gasteiger charge is -2.38. The fraction of sp³-hybridized carbons (Fsp3) is 0.500. The van der Waals surface area contributed by atoms with Crippen LogP contribution in [0.5, 0.6) is 0 Å². The van der Waals surface area contributed by atoms with Crippen LogP contribution in [0.25, 0.3) is 6.08 Å². The average molecular weight is 218 g/mol. The smallest absolute Gasteiger partial charge is 0.314 e. The highest BCUT2D eigenvalue weighted by Gasteiger charge is 2.45. The van der Waals surface area contributed by atoms with Gasteiger partial charge < -0.3 is 5.11 Å². The number of carbonyl (C=O) groups is 1. The molecule has 4 nitrogen and oxygen atoms in total. The number of fused-ring (bicyclic) bond motifs is 2. The van der Waals surface area contributed by atoms with Crippen molar-refractivity contribution in [2.24, 2.45) is 5.41 Å². The summed E-state index contributed by atoms with van der Waals surface area (Å²) in [4.78, 5) is 11.6. The summed E-state index contributed by atoms with van der Waals surface area (Å²) in [5.74, 6) is -0.676. The highest BCUT2D eigenvalue weighted by Crippen LogP contribution is 2.47. The summed E-state index contributed by atoms with van der Waals surface area (Å²) in [6, 6.07) is 0. The molecule has 2 aliphatic carbocycles. The fourth-order valence-electron chi connectivity index (χ4n) is 2.96. The standard InChI is InChI=1S/C12H14N2O2/c15-11(16)12-4-2-1-3-9(12)5-10-8(6-12)7-13-14-10/h5,7H,1-4,6H2,(H,13,14)(H,15,16). The lowest BCUT2D eigenvalue weighted by atomic mass is 9.64. The molecule has 1 saturated carbocycles. The topological polar surface area (TPSA) is 66.0 Å². The van der Waals surface area contributed by atoms with Crippen LogP contribution in [-0.2, 0) is 11.2 Å². The van der Waals surface area contributed by atoms with Crippen molar-refractivity contribution in [3.05, 3.63) is 23.0 Å². The summed E-state index contributed by atoms with van der Waals surface area (Å²) >= 11 is 0. The number of hydrogen-bond donors (Lipinski definition) is 2. The molecule has 84 valence electrons. The van der Waals surface area contributed by atoms with Crippen LogP contribution < -0.4 is 0 Å². The van der Waals surface area contributed by atoms with Crippen molar-refractivity contribution in [2.75, 3.05) is 0 Å². The number of H-pyrrole nitrogens is 1. The first kappa shape index (κ1) is 9.63. The first-order valence-corrected chi connectivity index (χ1v) is 5.69. The van der Waals surface area contributed by atoms with Gasteiger partial charge in [0.2, 0.25) is 0 Å². The lowest BCUT2D eigenvalue weighted by Crippen LogP contribution is -2.39. The number of carboxylic acid groups (broad SMARTS) is 1. The molecule has 0 bridgehead atoms. The monoisotopic (exact) mass is 218 g/mol. The Hall–Kier alpha value is -1.58. The molecule has 1 heterocycles. The summed E-state index contributed by atoms with van der Waals surface area (Å²) in [6.07, 6.45) is 8.13. The molecule has 0 aliphatic heterocycles. The number of nitrogens with zero attached hydrogens (tertiary/aromatic N) is 1. The first-order valence-electron chi connectivity index (χ1n) is 5.69. The minimum Gasteiger partial charge on any atom is -0.481 e. The van der Waals surface area contributed by atoms with Gasteiger partial charge in [-0.15, -0.1) is 0 Å². The zero-order chi connectivity index (χ0) is 11.2. The number of aliphatic carboxylic acids is 1. The average Bonchev–Trinajstić information content (AvgIpc) is 2.72. The van der Waals surface area contributed by atoms with Crippen LogP contribution in [0.15, 0.2) is 11.8 Å². The van der Waals surface area contributed by atoms with Gasteiger partial charge >= 0.3 is 5.97 Å². The van der Waals surface area contributed by atoms with Gasteiger partial charge in [0.1, 0.15) is 0 Å². The van der Waals surface area contributed by atoms with Gasteiger partial charge in [-0.25, -0.2) is 0 Å². The van der Waals surface area contributed by atoms with Crippen molar-refractivity contribution in [2.45, 2.75) is 32.1 Å². The van der Waals surface area contributed by atoms with Crippen LogP contribution >= 0.6 is 0 Å². The predicted octanol–water partition coefficient (Wildman–Crippen LogP) is 1.99. The highest BCUT2D eigenvalue weighted by atomic mass is 16.4. The van der Waals surface area contributed by atoms with Gasteiger partial charge in [-0.1, -0.05) is 12.0 Å². The Balaban J connectivity index is 2.13. The molecule has 16 heavy (non-hydrogen) atoms. The second-order valence-corrected chi connectivity index (χ2v) is 4.75. The molecule has 0 radical (unpaired) electrons. The molecule has 0 aromatic carbocycles. The molecule has 0 amide bonds. The van der Waals surface area contributed by atoms with E-state index in [-0.39, 0.29) is 0 Å². The van der Waals surface area contributed by atoms with Crippen molar-refractivity contribution < 1.29 is 9.90 Å². The highest BCUT2D eigenvalue weighted by molar-refractivity contribution is 5.83. The number of hydrogen-bond acceptors (Lipinski definition) is 2. The van der Waals surface area contributed by atoms with E-state index in [1.165, 1.54) is 0 Å². The Bertz CT molecular complexity index is 475. The van der Waals surface area contributed by atoms with E-state index >= 15 is 0 Å². The number of aromatic amines is 1.